The van der Waals surface area contributed by atoms with Gasteiger partial charge in [-0.1, -0.05) is 0 Å². The van der Waals surface area contributed by atoms with Crippen molar-refractivity contribution in [2.45, 2.75) is 26.7 Å². The Labute approximate surface area is 118 Å². The maximum Gasteiger partial charge on any atom is 0.161 e. The number of carbonyl (C=O) groups excluding carboxylic acids is 1. The van der Waals surface area contributed by atoms with Crippen LogP contribution in [0.4, 0.5) is 11.4 Å². The number of H-pyrrole nitrogens is 1. The van der Waals surface area contributed by atoms with E-state index in [1.54, 1.807) is 12.1 Å². The summed E-state index contributed by atoms with van der Waals surface area (Å²) in [5, 5.41) is 10.2. The zero-order chi connectivity index (χ0) is 14.5. The van der Waals surface area contributed by atoms with Gasteiger partial charge in [0, 0.05) is 29.2 Å². The minimum absolute atomic E-state index is 0.00974. The van der Waals surface area contributed by atoms with E-state index in [-0.39, 0.29) is 5.78 Å². The maximum absolute atomic E-state index is 11.3. The van der Waals surface area contributed by atoms with Gasteiger partial charge in [0.1, 0.15) is 0 Å². The van der Waals surface area contributed by atoms with Crippen molar-refractivity contribution in [3.8, 4) is 0 Å². The summed E-state index contributed by atoms with van der Waals surface area (Å²) in [4.78, 5) is 11.3. The van der Waals surface area contributed by atoms with Gasteiger partial charge in [-0.3, -0.25) is 9.89 Å². The molecule has 2 aromatic rings. The highest BCUT2D eigenvalue weighted by Gasteiger charge is 2.05. The lowest BCUT2D eigenvalue weighted by Gasteiger charge is -2.09. The van der Waals surface area contributed by atoms with Gasteiger partial charge in [-0.15, -0.1) is 0 Å². The van der Waals surface area contributed by atoms with Crippen molar-refractivity contribution < 1.29 is 4.79 Å². The van der Waals surface area contributed by atoms with Crippen LogP contribution in [0.2, 0.25) is 0 Å². The molecule has 0 atom stereocenters. The Balaban J connectivity index is 1.84. The summed E-state index contributed by atoms with van der Waals surface area (Å²) in [7, 11) is 0. The summed E-state index contributed by atoms with van der Waals surface area (Å²) < 4.78 is 0. The van der Waals surface area contributed by atoms with Gasteiger partial charge in [0.2, 0.25) is 0 Å². The molecule has 1 heterocycles. The standard InChI is InChI=1S/C15H20N4O/c1-10-12(9-18-19-10)4-3-7-17-13-5-6-14(11(2)20)15(16)8-13/h5-6,8-9,17H,3-4,7,16H2,1-2H3,(H,18,19). The summed E-state index contributed by atoms with van der Waals surface area (Å²) in [6.45, 7) is 4.40. The summed E-state index contributed by atoms with van der Waals surface area (Å²) in [5.74, 6) is -0.00974. The number of nitrogens with two attached hydrogens (primary N) is 1. The van der Waals surface area contributed by atoms with Gasteiger partial charge in [0.25, 0.3) is 0 Å². The Morgan fingerprint density at radius 1 is 1.45 bits per heavy atom. The average Bonchev–Trinajstić information content (AvgIpc) is 2.80. The molecule has 0 bridgehead atoms. The zero-order valence-corrected chi connectivity index (χ0v) is 11.9. The van der Waals surface area contributed by atoms with Gasteiger partial charge in [0.15, 0.2) is 5.78 Å². The molecule has 0 radical (unpaired) electrons. The van der Waals surface area contributed by atoms with Crippen LogP contribution >= 0.6 is 0 Å². The predicted molar refractivity (Wildman–Crippen MR) is 81.0 cm³/mol. The van der Waals surface area contributed by atoms with E-state index in [1.807, 2.05) is 19.2 Å². The molecule has 1 aromatic heterocycles. The van der Waals surface area contributed by atoms with E-state index in [0.717, 1.165) is 30.8 Å². The molecule has 5 heteroatoms. The van der Waals surface area contributed by atoms with Crippen LogP contribution in [-0.2, 0) is 6.42 Å². The monoisotopic (exact) mass is 272 g/mol. The summed E-state index contributed by atoms with van der Waals surface area (Å²) >= 11 is 0. The first kappa shape index (κ1) is 14.1. The lowest BCUT2D eigenvalue weighted by atomic mass is 10.1. The van der Waals surface area contributed by atoms with Crippen LogP contribution in [0.1, 0.15) is 35.0 Å². The lowest BCUT2D eigenvalue weighted by Crippen LogP contribution is -2.05. The summed E-state index contributed by atoms with van der Waals surface area (Å²) in [5.41, 5.74) is 10.3. The van der Waals surface area contributed by atoms with Crippen LogP contribution in [-0.4, -0.2) is 22.5 Å². The average molecular weight is 272 g/mol. The number of nitrogen functional groups attached to an aromatic ring is 1. The Morgan fingerprint density at radius 2 is 2.25 bits per heavy atom. The minimum Gasteiger partial charge on any atom is -0.398 e. The number of nitrogens with one attached hydrogen (secondary N) is 2. The number of aryl methyl sites for hydroxylation is 2. The molecule has 5 nitrogen and oxygen atoms in total. The molecule has 106 valence electrons. The molecule has 4 N–H and O–H groups in total. The molecule has 20 heavy (non-hydrogen) atoms. The van der Waals surface area contributed by atoms with Crippen molar-refractivity contribution in [1.29, 1.82) is 0 Å². The van der Waals surface area contributed by atoms with Crippen LogP contribution in [0.15, 0.2) is 24.4 Å². The maximum atomic E-state index is 11.3. The SMILES string of the molecule is CC(=O)c1ccc(NCCCc2cn[nH]c2C)cc1N. The summed E-state index contributed by atoms with van der Waals surface area (Å²) in [6, 6.07) is 5.45. The third-order valence-electron chi connectivity index (χ3n) is 3.32. The van der Waals surface area contributed by atoms with E-state index in [9.17, 15) is 4.79 Å². The second-order valence-corrected chi connectivity index (χ2v) is 4.91. The second-order valence-electron chi connectivity index (χ2n) is 4.91. The van der Waals surface area contributed by atoms with Crippen LogP contribution in [0.3, 0.4) is 0 Å². The van der Waals surface area contributed by atoms with E-state index >= 15 is 0 Å². The number of Topliss-reactive ketones (excluding diaryl/α,β-unsaturated/α-hetero) is 1. The molecule has 0 aliphatic heterocycles. The number of nitrogens with zero attached hydrogens (tertiary/aromatic N) is 1. The van der Waals surface area contributed by atoms with Crippen LogP contribution in [0.5, 0.6) is 0 Å². The number of aromatic amines is 1. The molecule has 0 saturated heterocycles. The minimum atomic E-state index is -0.00974. The number of ketones is 1. The van der Waals surface area contributed by atoms with Gasteiger partial charge in [-0.05, 0) is 50.5 Å². The fourth-order valence-corrected chi connectivity index (χ4v) is 2.13. The van der Waals surface area contributed by atoms with Gasteiger partial charge in [-0.25, -0.2) is 0 Å². The predicted octanol–water partition coefficient (Wildman–Crippen LogP) is 2.55. The number of hydrogen-bond acceptors (Lipinski definition) is 4. The van der Waals surface area contributed by atoms with Gasteiger partial charge in [-0.2, -0.15) is 5.10 Å². The molecule has 0 spiro atoms. The summed E-state index contributed by atoms with van der Waals surface area (Å²) in [6.07, 6.45) is 3.86. The third kappa shape index (κ3) is 3.38. The molecule has 0 amide bonds. The number of anilines is 2. The van der Waals surface area contributed by atoms with Crippen LogP contribution in [0.25, 0.3) is 0 Å². The van der Waals surface area contributed by atoms with Crippen molar-refractivity contribution in [2.75, 3.05) is 17.6 Å². The molecular weight excluding hydrogens is 252 g/mol. The number of hydrogen-bond donors (Lipinski definition) is 3. The molecule has 0 saturated carbocycles. The van der Waals surface area contributed by atoms with Gasteiger partial charge >= 0.3 is 0 Å². The first-order valence-electron chi connectivity index (χ1n) is 6.71. The number of benzene rings is 1. The number of rotatable bonds is 6. The normalized spacial score (nSPS) is 10.5. The van der Waals surface area contributed by atoms with Crippen molar-refractivity contribution in [2.24, 2.45) is 0 Å². The van der Waals surface area contributed by atoms with Crippen molar-refractivity contribution in [3.63, 3.8) is 0 Å². The number of aromatic nitrogens is 2. The fourth-order valence-electron chi connectivity index (χ4n) is 2.13. The van der Waals surface area contributed by atoms with E-state index in [2.05, 4.69) is 15.5 Å². The highest BCUT2D eigenvalue weighted by atomic mass is 16.1. The highest BCUT2D eigenvalue weighted by Crippen LogP contribution is 2.18. The van der Waals surface area contributed by atoms with E-state index < -0.39 is 0 Å². The molecule has 0 unspecified atom stereocenters. The Kier molecular flexibility index (Phi) is 4.40. The molecule has 0 fully saturated rings. The van der Waals surface area contributed by atoms with E-state index in [0.29, 0.717) is 11.3 Å². The number of carbonyl (C=O) groups is 1. The van der Waals surface area contributed by atoms with E-state index in [4.69, 9.17) is 5.73 Å². The molecule has 1 aromatic carbocycles. The first-order valence-corrected chi connectivity index (χ1v) is 6.71. The quantitative estimate of drug-likeness (QED) is 0.428. The highest BCUT2D eigenvalue weighted by molar-refractivity contribution is 5.99. The Hall–Kier alpha value is -2.30. The Bertz CT molecular complexity index is 604. The van der Waals surface area contributed by atoms with Crippen molar-refractivity contribution >= 4 is 17.2 Å². The molecule has 0 aliphatic carbocycles. The largest absolute Gasteiger partial charge is 0.398 e. The van der Waals surface area contributed by atoms with E-state index in [1.165, 1.54) is 12.5 Å². The van der Waals surface area contributed by atoms with Crippen LogP contribution in [0, 0.1) is 6.92 Å². The molecular formula is C15H20N4O. The topological polar surface area (TPSA) is 83.8 Å². The van der Waals surface area contributed by atoms with Crippen LogP contribution < -0.4 is 11.1 Å². The molecule has 0 aliphatic rings. The smallest absolute Gasteiger partial charge is 0.161 e. The van der Waals surface area contributed by atoms with Crippen molar-refractivity contribution in [3.05, 3.63) is 41.2 Å². The van der Waals surface area contributed by atoms with Gasteiger partial charge in [0.05, 0.1) is 6.20 Å². The lowest BCUT2D eigenvalue weighted by molar-refractivity contribution is 0.101. The molecule has 2 rings (SSSR count). The Morgan fingerprint density at radius 3 is 2.85 bits per heavy atom. The fraction of sp³-hybridized carbons (Fsp3) is 0.333. The first-order chi connectivity index (χ1) is 9.58. The zero-order valence-electron chi connectivity index (χ0n) is 11.9. The van der Waals surface area contributed by atoms with Crippen molar-refractivity contribution in [1.82, 2.24) is 10.2 Å². The third-order valence-corrected chi connectivity index (χ3v) is 3.32. The van der Waals surface area contributed by atoms with Gasteiger partial charge < -0.3 is 11.1 Å². The second kappa shape index (κ2) is 6.23.